The van der Waals surface area contributed by atoms with E-state index in [2.05, 4.69) is 10.1 Å². The molecule has 0 fully saturated rings. The summed E-state index contributed by atoms with van der Waals surface area (Å²) < 4.78 is 10.5. The SMILES string of the molecule is COc1ccc(N)c(SCc2nc(-c3cccs3)no2)c1. The van der Waals surface area contributed by atoms with Crippen molar-refractivity contribution in [2.45, 2.75) is 10.6 Å². The second-order valence-electron chi connectivity index (χ2n) is 4.18. The van der Waals surface area contributed by atoms with Crippen LogP contribution in [-0.2, 0) is 5.75 Å². The maximum atomic E-state index is 5.95. The minimum absolute atomic E-state index is 0.565. The summed E-state index contributed by atoms with van der Waals surface area (Å²) in [6.45, 7) is 0. The van der Waals surface area contributed by atoms with Gasteiger partial charge in [0.2, 0.25) is 11.7 Å². The molecule has 2 N–H and O–H groups in total. The van der Waals surface area contributed by atoms with Crippen molar-refractivity contribution >= 4 is 28.8 Å². The number of nitrogens with zero attached hydrogens (tertiary/aromatic N) is 2. The van der Waals surface area contributed by atoms with E-state index in [1.807, 2.05) is 35.7 Å². The van der Waals surface area contributed by atoms with Gasteiger partial charge in [0.1, 0.15) is 5.75 Å². The van der Waals surface area contributed by atoms with E-state index in [9.17, 15) is 0 Å². The van der Waals surface area contributed by atoms with Gasteiger partial charge in [-0.05, 0) is 29.6 Å². The maximum Gasteiger partial charge on any atom is 0.237 e. The third-order valence-electron chi connectivity index (χ3n) is 2.78. The van der Waals surface area contributed by atoms with Gasteiger partial charge in [-0.1, -0.05) is 11.2 Å². The molecule has 0 aliphatic carbocycles. The van der Waals surface area contributed by atoms with Gasteiger partial charge < -0.3 is 15.0 Å². The van der Waals surface area contributed by atoms with Crippen LogP contribution in [0.25, 0.3) is 10.7 Å². The molecule has 5 nitrogen and oxygen atoms in total. The molecular weight excluding hydrogens is 306 g/mol. The van der Waals surface area contributed by atoms with Crippen LogP contribution in [0.3, 0.4) is 0 Å². The minimum atomic E-state index is 0.565. The summed E-state index contributed by atoms with van der Waals surface area (Å²) in [4.78, 5) is 6.31. The number of ether oxygens (including phenoxy) is 1. The minimum Gasteiger partial charge on any atom is -0.497 e. The van der Waals surface area contributed by atoms with Crippen molar-refractivity contribution in [1.82, 2.24) is 10.1 Å². The van der Waals surface area contributed by atoms with E-state index in [1.165, 1.54) is 0 Å². The fourth-order valence-electron chi connectivity index (χ4n) is 1.73. The van der Waals surface area contributed by atoms with Crippen molar-refractivity contribution in [2.75, 3.05) is 12.8 Å². The van der Waals surface area contributed by atoms with Crippen molar-refractivity contribution < 1.29 is 9.26 Å². The van der Waals surface area contributed by atoms with E-state index >= 15 is 0 Å². The topological polar surface area (TPSA) is 74.2 Å². The molecule has 1 aromatic carbocycles. The molecule has 2 aromatic heterocycles. The van der Waals surface area contributed by atoms with Crippen molar-refractivity contribution in [3.63, 3.8) is 0 Å². The summed E-state index contributed by atoms with van der Waals surface area (Å²) in [6.07, 6.45) is 0. The summed E-state index contributed by atoms with van der Waals surface area (Å²) in [5.74, 6) is 2.54. The molecule has 108 valence electrons. The third kappa shape index (κ3) is 3.20. The average molecular weight is 319 g/mol. The monoisotopic (exact) mass is 319 g/mol. The largest absolute Gasteiger partial charge is 0.497 e. The van der Waals surface area contributed by atoms with Crippen LogP contribution in [0, 0.1) is 0 Å². The van der Waals surface area contributed by atoms with Crippen LogP contribution in [0.5, 0.6) is 5.75 Å². The second-order valence-corrected chi connectivity index (χ2v) is 6.15. The Kier molecular flexibility index (Phi) is 4.12. The first kappa shape index (κ1) is 14.0. The Balaban J connectivity index is 1.71. The first-order valence-electron chi connectivity index (χ1n) is 6.19. The molecular formula is C14H13N3O2S2. The number of nitrogen functional groups attached to an aromatic ring is 1. The first-order valence-corrected chi connectivity index (χ1v) is 8.05. The predicted molar refractivity (Wildman–Crippen MR) is 84.6 cm³/mol. The number of methoxy groups -OCH3 is 1. The molecule has 0 aliphatic rings. The average Bonchev–Trinajstić information content (AvgIpc) is 3.17. The number of nitrogens with two attached hydrogens (primary N) is 1. The van der Waals surface area contributed by atoms with E-state index in [4.69, 9.17) is 15.0 Å². The summed E-state index contributed by atoms with van der Waals surface area (Å²) in [7, 11) is 1.63. The lowest BCUT2D eigenvalue weighted by molar-refractivity contribution is 0.392. The second kappa shape index (κ2) is 6.19. The van der Waals surface area contributed by atoms with Crippen LogP contribution in [0.4, 0.5) is 5.69 Å². The molecule has 0 spiro atoms. The fourth-order valence-corrected chi connectivity index (χ4v) is 3.21. The molecule has 0 amide bonds. The highest BCUT2D eigenvalue weighted by atomic mass is 32.2. The highest BCUT2D eigenvalue weighted by molar-refractivity contribution is 7.98. The van der Waals surface area contributed by atoms with Crippen LogP contribution in [0.2, 0.25) is 0 Å². The van der Waals surface area contributed by atoms with Gasteiger partial charge >= 0.3 is 0 Å². The summed E-state index contributed by atoms with van der Waals surface area (Å²) in [6, 6.07) is 9.48. The molecule has 3 rings (SSSR count). The Hall–Kier alpha value is -1.99. The van der Waals surface area contributed by atoms with Crippen molar-refractivity contribution in [3.05, 3.63) is 41.6 Å². The zero-order valence-corrected chi connectivity index (χ0v) is 12.9. The van der Waals surface area contributed by atoms with E-state index in [-0.39, 0.29) is 0 Å². The number of aromatic nitrogens is 2. The highest BCUT2D eigenvalue weighted by Crippen LogP contribution is 2.31. The number of anilines is 1. The summed E-state index contributed by atoms with van der Waals surface area (Å²) >= 11 is 3.13. The van der Waals surface area contributed by atoms with E-state index < -0.39 is 0 Å². The van der Waals surface area contributed by atoms with Crippen LogP contribution in [0.15, 0.2) is 45.1 Å². The number of rotatable bonds is 5. The predicted octanol–water partition coefficient (Wildman–Crippen LogP) is 3.68. The number of thioether (sulfide) groups is 1. The molecule has 0 aliphatic heterocycles. The van der Waals surface area contributed by atoms with Gasteiger partial charge in [-0.3, -0.25) is 0 Å². The molecule has 0 bridgehead atoms. The smallest absolute Gasteiger partial charge is 0.237 e. The van der Waals surface area contributed by atoms with Gasteiger partial charge in [-0.2, -0.15) is 4.98 Å². The molecule has 0 atom stereocenters. The molecule has 0 unspecified atom stereocenters. The van der Waals surface area contributed by atoms with Gasteiger partial charge in [0.05, 0.1) is 17.7 Å². The van der Waals surface area contributed by atoms with E-state index in [0.29, 0.717) is 23.2 Å². The highest BCUT2D eigenvalue weighted by Gasteiger charge is 2.11. The van der Waals surface area contributed by atoms with Gasteiger partial charge in [-0.15, -0.1) is 23.1 Å². The van der Waals surface area contributed by atoms with Gasteiger partial charge in [0.25, 0.3) is 0 Å². The Labute approximate surface area is 130 Å². The summed E-state index contributed by atoms with van der Waals surface area (Å²) in [5, 5.41) is 5.97. The molecule has 0 radical (unpaired) electrons. The zero-order valence-electron chi connectivity index (χ0n) is 11.3. The number of hydrogen-bond donors (Lipinski definition) is 1. The molecule has 0 saturated carbocycles. The van der Waals surface area contributed by atoms with Gasteiger partial charge in [-0.25, -0.2) is 0 Å². The van der Waals surface area contributed by atoms with Crippen LogP contribution >= 0.6 is 23.1 Å². The Bertz CT molecular complexity index is 726. The van der Waals surface area contributed by atoms with Crippen molar-refractivity contribution in [2.24, 2.45) is 0 Å². The fraction of sp³-hybridized carbons (Fsp3) is 0.143. The lowest BCUT2D eigenvalue weighted by Gasteiger charge is -2.06. The number of thiophene rings is 1. The standard InChI is InChI=1S/C14H13N3O2S2/c1-18-9-4-5-10(15)12(7-9)21-8-13-16-14(17-19-13)11-3-2-6-20-11/h2-7H,8,15H2,1H3. The van der Waals surface area contributed by atoms with Crippen molar-refractivity contribution in [1.29, 1.82) is 0 Å². The van der Waals surface area contributed by atoms with E-state index in [0.717, 1.165) is 15.5 Å². The van der Waals surface area contributed by atoms with Crippen molar-refractivity contribution in [3.8, 4) is 16.5 Å². The molecule has 2 heterocycles. The normalized spacial score (nSPS) is 10.7. The lowest BCUT2D eigenvalue weighted by atomic mass is 10.3. The molecule has 0 saturated heterocycles. The quantitative estimate of drug-likeness (QED) is 0.571. The first-order chi connectivity index (χ1) is 10.3. The molecule has 21 heavy (non-hydrogen) atoms. The van der Waals surface area contributed by atoms with Gasteiger partial charge in [0.15, 0.2) is 0 Å². The Morgan fingerprint density at radius 1 is 1.38 bits per heavy atom. The zero-order chi connectivity index (χ0) is 14.7. The van der Waals surface area contributed by atoms with Crippen LogP contribution in [0.1, 0.15) is 5.89 Å². The number of hydrogen-bond acceptors (Lipinski definition) is 7. The third-order valence-corrected chi connectivity index (χ3v) is 4.70. The lowest BCUT2D eigenvalue weighted by Crippen LogP contribution is -1.91. The molecule has 3 aromatic rings. The van der Waals surface area contributed by atoms with Gasteiger partial charge in [0, 0.05) is 10.6 Å². The van der Waals surface area contributed by atoms with Crippen LogP contribution < -0.4 is 10.5 Å². The summed E-state index contributed by atoms with van der Waals surface area (Å²) in [5.41, 5.74) is 6.66. The Morgan fingerprint density at radius 2 is 2.29 bits per heavy atom. The maximum absolute atomic E-state index is 5.95. The number of benzene rings is 1. The Morgan fingerprint density at radius 3 is 3.05 bits per heavy atom. The van der Waals surface area contributed by atoms with E-state index in [1.54, 1.807) is 30.2 Å². The molecule has 7 heteroatoms. The van der Waals surface area contributed by atoms with Crippen LogP contribution in [-0.4, -0.2) is 17.3 Å².